The quantitative estimate of drug-likeness (QED) is 0.783. The second-order valence-electron chi connectivity index (χ2n) is 4.47. The van der Waals surface area contributed by atoms with Gasteiger partial charge in [0.2, 0.25) is 11.8 Å². The first-order valence-electron chi connectivity index (χ1n) is 6.34. The van der Waals surface area contributed by atoms with Gasteiger partial charge >= 0.3 is 0 Å². The van der Waals surface area contributed by atoms with Gasteiger partial charge in [-0.2, -0.15) is 0 Å². The average Bonchev–Trinajstić information content (AvgIpc) is 2.45. The van der Waals surface area contributed by atoms with Gasteiger partial charge in [-0.1, -0.05) is 29.3 Å². The number of primary amides is 1. The molecular weight excluding hydrogens is 325 g/mol. The highest BCUT2D eigenvalue weighted by molar-refractivity contribution is 6.34. The van der Waals surface area contributed by atoms with Crippen LogP contribution in [0.15, 0.2) is 42.5 Å². The summed E-state index contributed by atoms with van der Waals surface area (Å²) in [6.45, 7) is 0.0404. The van der Waals surface area contributed by atoms with Crippen molar-refractivity contribution in [2.24, 2.45) is 5.73 Å². The maximum Gasteiger partial charge on any atom is 0.250 e. The van der Waals surface area contributed by atoms with Crippen molar-refractivity contribution < 1.29 is 9.59 Å². The molecule has 0 fully saturated rings. The van der Waals surface area contributed by atoms with Crippen LogP contribution in [0.2, 0.25) is 10.0 Å². The first-order valence-corrected chi connectivity index (χ1v) is 7.10. The molecule has 0 heterocycles. The molecule has 0 saturated carbocycles. The topological polar surface area (TPSA) is 84.2 Å². The summed E-state index contributed by atoms with van der Waals surface area (Å²) in [4.78, 5) is 22.9. The number of nitrogens with two attached hydrogens (primary N) is 1. The van der Waals surface area contributed by atoms with Crippen molar-refractivity contribution >= 4 is 46.4 Å². The zero-order valence-corrected chi connectivity index (χ0v) is 12.9. The van der Waals surface area contributed by atoms with Crippen LogP contribution < -0.4 is 16.4 Å². The van der Waals surface area contributed by atoms with Crippen LogP contribution in [0.1, 0.15) is 10.4 Å². The highest BCUT2D eigenvalue weighted by atomic mass is 35.5. The van der Waals surface area contributed by atoms with Crippen LogP contribution in [-0.4, -0.2) is 18.4 Å². The average molecular weight is 338 g/mol. The van der Waals surface area contributed by atoms with Crippen LogP contribution in [0.5, 0.6) is 0 Å². The van der Waals surface area contributed by atoms with E-state index in [4.69, 9.17) is 28.9 Å². The third kappa shape index (κ3) is 4.38. The maximum atomic E-state index is 11.8. The van der Waals surface area contributed by atoms with Gasteiger partial charge in [0.15, 0.2) is 0 Å². The lowest BCUT2D eigenvalue weighted by Gasteiger charge is -2.09. The van der Waals surface area contributed by atoms with E-state index in [0.717, 1.165) is 0 Å². The van der Waals surface area contributed by atoms with E-state index in [0.29, 0.717) is 16.4 Å². The smallest absolute Gasteiger partial charge is 0.250 e. The van der Waals surface area contributed by atoms with Crippen molar-refractivity contribution in [3.05, 3.63) is 58.1 Å². The van der Waals surface area contributed by atoms with Crippen LogP contribution in [0, 0.1) is 0 Å². The summed E-state index contributed by atoms with van der Waals surface area (Å²) in [5, 5.41) is 6.38. The standard InChI is InChI=1S/C15H13Cl2N3O2/c16-9-2-1-3-11(6-9)20-14(21)8-19-10-4-5-12(15(18)22)13(17)7-10/h1-7,19H,8H2,(H2,18,22)(H,20,21). The Morgan fingerprint density at radius 1 is 1.05 bits per heavy atom. The van der Waals surface area contributed by atoms with Gasteiger partial charge in [-0.25, -0.2) is 0 Å². The molecule has 0 radical (unpaired) electrons. The molecule has 2 aromatic rings. The minimum atomic E-state index is -0.602. The fraction of sp³-hybridized carbons (Fsp3) is 0.0667. The van der Waals surface area contributed by atoms with Crippen molar-refractivity contribution in [3.8, 4) is 0 Å². The normalized spacial score (nSPS) is 10.1. The summed E-state index contributed by atoms with van der Waals surface area (Å²) >= 11 is 11.8. The summed E-state index contributed by atoms with van der Waals surface area (Å²) in [5.74, 6) is -0.840. The molecule has 7 heteroatoms. The van der Waals surface area contributed by atoms with Gasteiger partial charge in [0.25, 0.3) is 0 Å². The van der Waals surface area contributed by atoms with Gasteiger partial charge in [-0.05, 0) is 36.4 Å². The number of carbonyl (C=O) groups excluding carboxylic acids is 2. The highest BCUT2D eigenvalue weighted by Crippen LogP contribution is 2.20. The van der Waals surface area contributed by atoms with Gasteiger partial charge in [-0.3, -0.25) is 9.59 Å². The molecule has 4 N–H and O–H groups in total. The van der Waals surface area contributed by atoms with E-state index in [1.54, 1.807) is 30.3 Å². The van der Waals surface area contributed by atoms with E-state index in [-0.39, 0.29) is 23.0 Å². The molecule has 0 aliphatic carbocycles. The van der Waals surface area contributed by atoms with Gasteiger partial charge < -0.3 is 16.4 Å². The lowest BCUT2D eigenvalue weighted by molar-refractivity contribution is -0.114. The first kappa shape index (κ1) is 16.1. The lowest BCUT2D eigenvalue weighted by Crippen LogP contribution is -2.21. The zero-order valence-electron chi connectivity index (χ0n) is 11.4. The van der Waals surface area contributed by atoms with E-state index in [9.17, 15) is 9.59 Å². The highest BCUT2D eigenvalue weighted by Gasteiger charge is 2.08. The number of rotatable bonds is 5. The molecule has 0 aliphatic heterocycles. The van der Waals surface area contributed by atoms with E-state index in [2.05, 4.69) is 10.6 Å². The first-order chi connectivity index (χ1) is 10.5. The second kappa shape index (κ2) is 7.15. The Labute approximate surface area is 137 Å². The number of carbonyl (C=O) groups is 2. The van der Waals surface area contributed by atoms with Crippen molar-refractivity contribution in [1.29, 1.82) is 0 Å². The molecule has 0 aromatic heterocycles. The lowest BCUT2D eigenvalue weighted by atomic mass is 10.2. The van der Waals surface area contributed by atoms with E-state index >= 15 is 0 Å². The SMILES string of the molecule is NC(=O)c1ccc(NCC(=O)Nc2cccc(Cl)c2)cc1Cl. The van der Waals surface area contributed by atoms with Crippen LogP contribution in [0.3, 0.4) is 0 Å². The Bertz CT molecular complexity index is 720. The molecule has 0 bridgehead atoms. The molecule has 0 spiro atoms. The number of benzene rings is 2. The molecule has 2 aromatic carbocycles. The largest absolute Gasteiger partial charge is 0.376 e. The molecule has 22 heavy (non-hydrogen) atoms. The second-order valence-corrected chi connectivity index (χ2v) is 5.31. The predicted octanol–water partition coefficient (Wildman–Crippen LogP) is 3.14. The van der Waals surface area contributed by atoms with Crippen LogP contribution in [0.25, 0.3) is 0 Å². The Morgan fingerprint density at radius 2 is 1.82 bits per heavy atom. The van der Waals surface area contributed by atoms with Crippen LogP contribution in [-0.2, 0) is 4.79 Å². The van der Waals surface area contributed by atoms with Crippen molar-refractivity contribution in [2.75, 3.05) is 17.2 Å². The van der Waals surface area contributed by atoms with Crippen molar-refractivity contribution in [1.82, 2.24) is 0 Å². The molecule has 114 valence electrons. The van der Waals surface area contributed by atoms with Gasteiger partial charge in [0, 0.05) is 16.4 Å². The Hall–Kier alpha value is -2.24. The van der Waals surface area contributed by atoms with E-state index in [1.165, 1.54) is 12.1 Å². The monoisotopic (exact) mass is 337 g/mol. The summed E-state index contributed by atoms with van der Waals surface area (Å²) < 4.78 is 0. The van der Waals surface area contributed by atoms with Gasteiger partial charge in [0.1, 0.15) is 0 Å². The molecule has 0 atom stereocenters. The van der Waals surface area contributed by atoms with Crippen LogP contribution >= 0.6 is 23.2 Å². The third-order valence-electron chi connectivity index (χ3n) is 2.80. The number of anilines is 2. The molecule has 5 nitrogen and oxygen atoms in total. The number of hydrogen-bond acceptors (Lipinski definition) is 3. The fourth-order valence-electron chi connectivity index (χ4n) is 1.78. The number of halogens is 2. The predicted molar refractivity (Wildman–Crippen MR) is 88.5 cm³/mol. The van der Waals surface area contributed by atoms with Crippen molar-refractivity contribution in [2.45, 2.75) is 0 Å². The minimum absolute atomic E-state index is 0.0404. The van der Waals surface area contributed by atoms with Gasteiger partial charge in [0.05, 0.1) is 17.1 Å². The molecule has 0 aliphatic rings. The molecule has 2 rings (SSSR count). The molecule has 0 unspecified atom stereocenters. The summed E-state index contributed by atoms with van der Waals surface area (Å²) in [6, 6.07) is 11.5. The Balaban J connectivity index is 1.94. The molecular formula is C15H13Cl2N3O2. The minimum Gasteiger partial charge on any atom is -0.376 e. The van der Waals surface area contributed by atoms with Crippen molar-refractivity contribution in [3.63, 3.8) is 0 Å². The number of nitrogens with one attached hydrogen (secondary N) is 2. The van der Waals surface area contributed by atoms with E-state index in [1.807, 2.05) is 0 Å². The third-order valence-corrected chi connectivity index (χ3v) is 3.34. The molecule has 0 saturated heterocycles. The van der Waals surface area contributed by atoms with Crippen LogP contribution in [0.4, 0.5) is 11.4 Å². The Kier molecular flexibility index (Phi) is 5.25. The number of hydrogen-bond donors (Lipinski definition) is 3. The number of amides is 2. The zero-order chi connectivity index (χ0) is 16.1. The summed E-state index contributed by atoms with van der Waals surface area (Å²) in [5.41, 5.74) is 6.62. The summed E-state index contributed by atoms with van der Waals surface area (Å²) in [7, 11) is 0. The fourth-order valence-corrected chi connectivity index (χ4v) is 2.24. The maximum absolute atomic E-state index is 11.8. The molecule has 2 amide bonds. The van der Waals surface area contributed by atoms with Gasteiger partial charge in [-0.15, -0.1) is 0 Å². The summed E-state index contributed by atoms with van der Waals surface area (Å²) in [6.07, 6.45) is 0. The Morgan fingerprint density at radius 3 is 2.45 bits per heavy atom. The van der Waals surface area contributed by atoms with E-state index < -0.39 is 5.91 Å².